The van der Waals surface area contributed by atoms with E-state index in [0.717, 1.165) is 18.5 Å². The summed E-state index contributed by atoms with van der Waals surface area (Å²) in [6.45, 7) is 9.39. The number of phenolic OH excluding ortho intramolecular Hbond substituents is 1. The van der Waals surface area contributed by atoms with Crippen LogP contribution < -0.4 is 5.32 Å². The summed E-state index contributed by atoms with van der Waals surface area (Å²) in [5.74, 6) is 0.0674. The third-order valence-electron chi connectivity index (χ3n) is 6.18. The zero-order chi connectivity index (χ0) is 24.2. The Hall–Kier alpha value is -2.68. The molecule has 0 spiro atoms. The number of nitrogens with zero attached hydrogens (tertiary/aromatic N) is 2. The average Bonchev–Trinajstić information content (AvgIpc) is 2.81. The van der Waals surface area contributed by atoms with E-state index in [1.807, 2.05) is 32.9 Å². The lowest BCUT2D eigenvalue weighted by Crippen LogP contribution is -2.44. The number of benzene rings is 2. The summed E-state index contributed by atoms with van der Waals surface area (Å²) in [6.07, 6.45) is 2.92. The lowest BCUT2D eigenvalue weighted by atomic mass is 9.98. The Kier molecular flexibility index (Phi) is 7.94. The van der Waals surface area contributed by atoms with Crippen LogP contribution in [0.5, 0.6) is 5.75 Å². The minimum absolute atomic E-state index is 0.175. The van der Waals surface area contributed by atoms with Gasteiger partial charge in [0.1, 0.15) is 5.75 Å². The number of aryl methyl sites for hydroxylation is 1. The van der Waals surface area contributed by atoms with Crippen molar-refractivity contribution in [3.63, 3.8) is 0 Å². The first-order chi connectivity index (χ1) is 15.7. The number of nitrogens with one attached hydrogen (secondary N) is 1. The number of hydrogen-bond donors (Lipinski definition) is 2. The van der Waals surface area contributed by atoms with Crippen LogP contribution in [0.15, 0.2) is 53.4 Å². The molecule has 1 aliphatic heterocycles. The molecule has 0 saturated heterocycles. The van der Waals surface area contributed by atoms with Crippen LogP contribution in [0.2, 0.25) is 0 Å². The van der Waals surface area contributed by atoms with E-state index in [4.69, 9.17) is 0 Å². The van der Waals surface area contributed by atoms with Crippen LogP contribution in [0, 0.1) is 6.92 Å². The summed E-state index contributed by atoms with van der Waals surface area (Å²) in [4.78, 5) is 15.2. The lowest BCUT2D eigenvalue weighted by molar-refractivity contribution is -0.120. The third kappa shape index (κ3) is 5.63. The molecule has 1 heterocycles. The molecule has 0 fully saturated rings. The van der Waals surface area contributed by atoms with Crippen molar-refractivity contribution in [2.75, 3.05) is 31.5 Å². The predicted octanol–water partition coefficient (Wildman–Crippen LogP) is 3.85. The smallest absolute Gasteiger partial charge is 0.243 e. The molecule has 7 nitrogen and oxygen atoms in total. The Morgan fingerprint density at radius 1 is 1.15 bits per heavy atom. The van der Waals surface area contributed by atoms with Crippen LogP contribution >= 0.6 is 0 Å². The highest BCUT2D eigenvalue weighted by Crippen LogP contribution is 2.26. The Morgan fingerprint density at radius 2 is 1.82 bits per heavy atom. The number of hydrogen-bond acceptors (Lipinski definition) is 5. The van der Waals surface area contributed by atoms with Gasteiger partial charge in [0, 0.05) is 31.9 Å². The van der Waals surface area contributed by atoms with Crippen LogP contribution in [-0.4, -0.2) is 60.9 Å². The molecule has 2 aromatic rings. The van der Waals surface area contributed by atoms with Crippen LogP contribution in [-0.2, 0) is 14.8 Å². The van der Waals surface area contributed by atoms with Gasteiger partial charge in [0.25, 0.3) is 0 Å². The topological polar surface area (TPSA) is 90.0 Å². The summed E-state index contributed by atoms with van der Waals surface area (Å²) < 4.78 is 27.4. The highest BCUT2D eigenvalue weighted by atomic mass is 32.2. The quantitative estimate of drug-likeness (QED) is 0.610. The molecule has 2 N–H and O–H groups in total. The van der Waals surface area contributed by atoms with Gasteiger partial charge < -0.3 is 10.4 Å². The Morgan fingerprint density at radius 3 is 2.39 bits per heavy atom. The molecule has 1 atom stereocenters. The maximum Gasteiger partial charge on any atom is 0.243 e. The molecule has 178 valence electrons. The van der Waals surface area contributed by atoms with Crippen molar-refractivity contribution in [1.29, 1.82) is 0 Å². The number of phenols is 1. The normalized spacial score (nSPS) is 15.8. The van der Waals surface area contributed by atoms with Gasteiger partial charge in [-0.25, -0.2) is 8.42 Å². The number of carbonyl (C=O) groups is 1. The Labute approximate surface area is 196 Å². The van der Waals surface area contributed by atoms with Crippen LogP contribution in [0.4, 0.5) is 5.69 Å². The van der Waals surface area contributed by atoms with Crippen molar-refractivity contribution < 1.29 is 18.3 Å². The second kappa shape index (κ2) is 10.5. The van der Waals surface area contributed by atoms with E-state index in [0.29, 0.717) is 30.9 Å². The summed E-state index contributed by atoms with van der Waals surface area (Å²) in [6, 6.07) is 11.8. The van der Waals surface area contributed by atoms with Gasteiger partial charge in [0.05, 0.1) is 10.9 Å². The SMILES string of the molecule is CCN(CC)S(=O)(=O)c1cc(NC(=O)C(C)N2CC=C(c3ccc(O)cc3)CC2)ccc1C. The van der Waals surface area contributed by atoms with Crippen LogP contribution in [0.3, 0.4) is 0 Å². The second-order valence-corrected chi connectivity index (χ2v) is 10.2. The Bertz CT molecular complexity index is 1120. The molecule has 0 radical (unpaired) electrons. The fourth-order valence-corrected chi connectivity index (χ4v) is 5.75. The van der Waals surface area contributed by atoms with Gasteiger partial charge in [-0.3, -0.25) is 9.69 Å². The molecule has 1 unspecified atom stereocenters. The van der Waals surface area contributed by atoms with Crippen LogP contribution in [0.25, 0.3) is 5.57 Å². The maximum atomic E-state index is 13.0. The number of anilines is 1. The van der Waals surface area contributed by atoms with Crippen molar-refractivity contribution in [2.24, 2.45) is 0 Å². The molecule has 0 saturated carbocycles. The summed E-state index contributed by atoms with van der Waals surface area (Å²) >= 11 is 0. The van der Waals surface area contributed by atoms with Crippen LogP contribution in [0.1, 0.15) is 38.3 Å². The monoisotopic (exact) mass is 471 g/mol. The first-order valence-corrected chi connectivity index (χ1v) is 12.8. The molecular weight excluding hydrogens is 438 g/mol. The fourth-order valence-electron chi connectivity index (χ4n) is 4.05. The van der Waals surface area contributed by atoms with E-state index < -0.39 is 10.0 Å². The standard InChI is InChI=1S/C25H33N3O4S/c1-5-28(6-2)33(31,32)24-17-22(10-7-18(24)3)26-25(30)19(4)27-15-13-21(14-16-27)20-8-11-23(29)12-9-20/h7-13,17,19,29H,5-6,14-16H2,1-4H3,(H,26,30). The average molecular weight is 472 g/mol. The van der Waals surface area contributed by atoms with Crippen molar-refractivity contribution >= 4 is 27.2 Å². The third-order valence-corrected chi connectivity index (χ3v) is 8.38. The summed E-state index contributed by atoms with van der Waals surface area (Å²) in [5.41, 5.74) is 3.39. The largest absolute Gasteiger partial charge is 0.508 e. The first-order valence-electron chi connectivity index (χ1n) is 11.3. The van der Waals surface area contributed by atoms with E-state index in [9.17, 15) is 18.3 Å². The first kappa shape index (κ1) is 25.0. The molecule has 0 aliphatic carbocycles. The molecule has 1 aliphatic rings. The fraction of sp³-hybridized carbons (Fsp3) is 0.400. The highest BCUT2D eigenvalue weighted by molar-refractivity contribution is 7.89. The van der Waals surface area contributed by atoms with E-state index >= 15 is 0 Å². The molecule has 1 amide bonds. The van der Waals surface area contributed by atoms with Gasteiger partial charge >= 0.3 is 0 Å². The molecular formula is C25H33N3O4S. The predicted molar refractivity (Wildman–Crippen MR) is 132 cm³/mol. The Balaban J connectivity index is 1.70. The van der Waals surface area contributed by atoms with Crippen molar-refractivity contribution in [3.05, 3.63) is 59.7 Å². The minimum atomic E-state index is -3.62. The van der Waals surface area contributed by atoms with Gasteiger partial charge in [0.15, 0.2) is 0 Å². The van der Waals surface area contributed by atoms with E-state index in [-0.39, 0.29) is 22.6 Å². The number of carbonyl (C=O) groups excluding carboxylic acids is 1. The molecule has 0 aromatic heterocycles. The van der Waals surface area contributed by atoms with E-state index in [2.05, 4.69) is 16.3 Å². The van der Waals surface area contributed by atoms with Gasteiger partial charge in [0.2, 0.25) is 15.9 Å². The summed E-state index contributed by atoms with van der Waals surface area (Å²) in [5, 5.41) is 12.4. The summed E-state index contributed by atoms with van der Waals surface area (Å²) in [7, 11) is -3.62. The molecule has 3 rings (SSSR count). The molecule has 0 bridgehead atoms. The minimum Gasteiger partial charge on any atom is -0.508 e. The number of sulfonamides is 1. The lowest BCUT2D eigenvalue weighted by Gasteiger charge is -2.31. The number of aromatic hydroxyl groups is 1. The van der Waals surface area contributed by atoms with Crippen molar-refractivity contribution in [1.82, 2.24) is 9.21 Å². The van der Waals surface area contributed by atoms with Gasteiger partial charge in [-0.15, -0.1) is 0 Å². The molecule has 2 aromatic carbocycles. The highest BCUT2D eigenvalue weighted by Gasteiger charge is 2.26. The van der Waals surface area contributed by atoms with E-state index in [1.54, 1.807) is 37.3 Å². The zero-order valence-corrected chi connectivity index (χ0v) is 20.5. The van der Waals surface area contributed by atoms with Gasteiger partial charge in [-0.1, -0.05) is 38.1 Å². The van der Waals surface area contributed by atoms with Gasteiger partial charge in [-0.2, -0.15) is 4.31 Å². The van der Waals surface area contributed by atoms with Gasteiger partial charge in [-0.05, 0) is 61.2 Å². The molecule has 8 heteroatoms. The number of rotatable bonds is 8. The second-order valence-electron chi connectivity index (χ2n) is 8.26. The maximum absolute atomic E-state index is 13.0. The van der Waals surface area contributed by atoms with Crippen molar-refractivity contribution in [3.8, 4) is 5.75 Å². The number of amides is 1. The molecule has 33 heavy (non-hydrogen) atoms. The van der Waals surface area contributed by atoms with E-state index in [1.165, 1.54) is 9.88 Å². The van der Waals surface area contributed by atoms with Crippen molar-refractivity contribution in [2.45, 2.75) is 45.1 Å². The zero-order valence-electron chi connectivity index (χ0n) is 19.7.